The summed E-state index contributed by atoms with van der Waals surface area (Å²) in [4.78, 5) is 2.69. The molecule has 174 valence electrons. The van der Waals surface area contributed by atoms with Crippen LogP contribution in [0.1, 0.15) is 23.1 Å². The van der Waals surface area contributed by atoms with Crippen LogP contribution < -0.4 is 5.73 Å². The first-order chi connectivity index (χ1) is 15.9. The van der Waals surface area contributed by atoms with E-state index in [1.165, 1.54) is 23.1 Å². The van der Waals surface area contributed by atoms with Crippen LogP contribution in [0.3, 0.4) is 0 Å². The largest absolute Gasteiger partial charge is 0.330 e. The van der Waals surface area contributed by atoms with Crippen molar-refractivity contribution in [2.75, 3.05) is 32.7 Å². The van der Waals surface area contributed by atoms with Crippen LogP contribution in [-0.4, -0.2) is 50.3 Å². The molecule has 0 aromatic heterocycles. The van der Waals surface area contributed by atoms with E-state index in [9.17, 15) is 8.42 Å². The number of fused-ring (bicyclic) bond motifs is 2. The summed E-state index contributed by atoms with van der Waals surface area (Å²) in [6.07, 6.45) is 3.37. The lowest BCUT2D eigenvalue weighted by molar-refractivity contribution is 0.181. The number of piperazine rings is 1. The van der Waals surface area contributed by atoms with Crippen LogP contribution >= 0.6 is 11.6 Å². The zero-order valence-electron chi connectivity index (χ0n) is 18.7. The van der Waals surface area contributed by atoms with Gasteiger partial charge in [0.25, 0.3) is 0 Å². The third-order valence-corrected chi connectivity index (χ3v) is 9.21. The normalized spacial score (nSPS) is 20.1. The second-order valence-electron chi connectivity index (χ2n) is 9.28. The summed E-state index contributed by atoms with van der Waals surface area (Å²) in [5, 5.41) is 2.46. The second-order valence-corrected chi connectivity index (χ2v) is 11.7. The summed E-state index contributed by atoms with van der Waals surface area (Å²) in [5.74, 6) is 0.610. The maximum Gasteiger partial charge on any atom is 0.243 e. The van der Waals surface area contributed by atoms with E-state index < -0.39 is 10.0 Å². The minimum Gasteiger partial charge on any atom is -0.330 e. The van der Waals surface area contributed by atoms with Crippen LogP contribution in [-0.2, 0) is 29.4 Å². The van der Waals surface area contributed by atoms with Gasteiger partial charge in [-0.25, -0.2) is 8.42 Å². The average Bonchev–Trinajstić information content (AvgIpc) is 2.83. The first-order valence-corrected chi connectivity index (χ1v) is 13.5. The number of hydrogen-bond donors (Lipinski definition) is 1. The van der Waals surface area contributed by atoms with Crippen molar-refractivity contribution in [2.24, 2.45) is 11.7 Å². The molecule has 2 N–H and O–H groups in total. The van der Waals surface area contributed by atoms with Crippen LogP contribution in [0.4, 0.5) is 0 Å². The van der Waals surface area contributed by atoms with Crippen molar-refractivity contribution in [2.45, 2.75) is 30.7 Å². The van der Waals surface area contributed by atoms with E-state index in [1.807, 2.05) is 18.2 Å². The molecule has 3 aromatic rings. The highest BCUT2D eigenvalue weighted by Crippen LogP contribution is 2.28. The SMILES string of the molecule is NC[C@H]1CCc2cc(CN3CCN(S(=O)(=O)c4ccc5cc(Cl)ccc5c4)CC3)ccc2C1. The molecule has 0 saturated carbocycles. The van der Waals surface area contributed by atoms with Gasteiger partial charge in [0.05, 0.1) is 4.90 Å². The van der Waals surface area contributed by atoms with Crippen LogP contribution in [0.5, 0.6) is 0 Å². The van der Waals surface area contributed by atoms with Crippen molar-refractivity contribution in [1.82, 2.24) is 9.21 Å². The zero-order chi connectivity index (χ0) is 23.0. The van der Waals surface area contributed by atoms with E-state index >= 15 is 0 Å². The highest BCUT2D eigenvalue weighted by atomic mass is 35.5. The quantitative estimate of drug-likeness (QED) is 0.594. The number of hydrogen-bond acceptors (Lipinski definition) is 4. The van der Waals surface area contributed by atoms with Gasteiger partial charge in [0.15, 0.2) is 0 Å². The Morgan fingerprint density at radius 1 is 0.909 bits per heavy atom. The molecule has 1 atom stereocenters. The van der Waals surface area contributed by atoms with Crippen molar-refractivity contribution in [3.05, 3.63) is 76.3 Å². The molecule has 1 heterocycles. The minimum atomic E-state index is -3.52. The molecule has 0 spiro atoms. The Labute approximate surface area is 201 Å². The predicted molar refractivity (Wildman–Crippen MR) is 134 cm³/mol. The molecule has 1 aliphatic heterocycles. The first kappa shape index (κ1) is 22.8. The molecule has 0 amide bonds. The van der Waals surface area contributed by atoms with Gasteiger partial charge in [-0.1, -0.05) is 41.9 Å². The molecular formula is C26H30ClN3O2S. The molecule has 2 aliphatic rings. The van der Waals surface area contributed by atoms with Gasteiger partial charge in [0, 0.05) is 37.7 Å². The lowest BCUT2D eigenvalue weighted by Crippen LogP contribution is -2.48. The molecule has 5 nitrogen and oxygen atoms in total. The smallest absolute Gasteiger partial charge is 0.243 e. The van der Waals surface area contributed by atoms with Crippen molar-refractivity contribution in [3.63, 3.8) is 0 Å². The minimum absolute atomic E-state index is 0.344. The van der Waals surface area contributed by atoms with E-state index in [1.54, 1.807) is 22.5 Å². The molecule has 0 radical (unpaired) electrons. The molecule has 7 heteroatoms. The number of aryl methyl sites for hydroxylation is 1. The summed E-state index contributed by atoms with van der Waals surface area (Å²) in [5.41, 5.74) is 10.1. The Bertz CT molecular complexity index is 1270. The van der Waals surface area contributed by atoms with E-state index in [-0.39, 0.29) is 0 Å². The third kappa shape index (κ3) is 4.81. The summed E-state index contributed by atoms with van der Waals surface area (Å²) in [6.45, 7) is 4.10. The molecule has 33 heavy (non-hydrogen) atoms. The van der Waals surface area contributed by atoms with E-state index in [2.05, 4.69) is 23.1 Å². The number of sulfonamides is 1. The van der Waals surface area contributed by atoms with E-state index in [4.69, 9.17) is 17.3 Å². The number of halogens is 1. The summed E-state index contributed by atoms with van der Waals surface area (Å²) in [6, 6.07) is 17.6. The van der Waals surface area contributed by atoms with Gasteiger partial charge in [-0.05, 0) is 83.5 Å². The van der Waals surface area contributed by atoms with Crippen LogP contribution in [0.2, 0.25) is 5.02 Å². The third-order valence-electron chi connectivity index (χ3n) is 7.08. The Kier molecular flexibility index (Phi) is 6.47. The summed E-state index contributed by atoms with van der Waals surface area (Å²) >= 11 is 6.05. The average molecular weight is 484 g/mol. The van der Waals surface area contributed by atoms with E-state index in [0.29, 0.717) is 28.9 Å². The van der Waals surface area contributed by atoms with Crippen molar-refractivity contribution in [1.29, 1.82) is 0 Å². The van der Waals surface area contributed by atoms with Gasteiger partial charge >= 0.3 is 0 Å². The van der Waals surface area contributed by atoms with Gasteiger partial charge < -0.3 is 5.73 Å². The van der Waals surface area contributed by atoms with Crippen LogP contribution in [0.15, 0.2) is 59.5 Å². The lowest BCUT2D eigenvalue weighted by Gasteiger charge is -2.34. The van der Waals surface area contributed by atoms with Crippen molar-refractivity contribution >= 4 is 32.4 Å². The van der Waals surface area contributed by atoms with E-state index in [0.717, 1.165) is 49.8 Å². The maximum atomic E-state index is 13.2. The van der Waals surface area contributed by atoms with Crippen LogP contribution in [0.25, 0.3) is 10.8 Å². The standard InChI is InChI=1S/C26H30ClN3O2S/c27-25-7-5-24-16-26(8-6-23(24)15-25)33(31,32)30-11-9-29(10-12-30)18-20-2-4-21-13-19(17-28)1-3-22(21)14-20/h2,4-8,14-16,19H,1,3,9-13,17-18,28H2/t19-/m0/s1. The number of nitrogens with zero attached hydrogens (tertiary/aromatic N) is 2. The molecule has 5 rings (SSSR count). The van der Waals surface area contributed by atoms with Crippen LogP contribution in [0, 0.1) is 5.92 Å². The predicted octanol–water partition coefficient (Wildman–Crippen LogP) is 4.06. The van der Waals surface area contributed by atoms with Gasteiger partial charge in [0.2, 0.25) is 10.0 Å². The van der Waals surface area contributed by atoms with Gasteiger partial charge in [-0.3, -0.25) is 4.90 Å². The Hall–Kier alpha value is -1.96. The van der Waals surface area contributed by atoms with Gasteiger partial charge in [-0.2, -0.15) is 4.31 Å². The zero-order valence-corrected chi connectivity index (χ0v) is 20.3. The summed E-state index contributed by atoms with van der Waals surface area (Å²) < 4.78 is 28.1. The topological polar surface area (TPSA) is 66.6 Å². The molecular weight excluding hydrogens is 454 g/mol. The molecule has 1 saturated heterocycles. The van der Waals surface area contributed by atoms with Gasteiger partial charge in [0.1, 0.15) is 0 Å². The fraction of sp³-hybridized carbons (Fsp3) is 0.385. The first-order valence-electron chi connectivity index (χ1n) is 11.6. The second kappa shape index (κ2) is 9.35. The molecule has 0 unspecified atom stereocenters. The molecule has 1 aliphatic carbocycles. The fourth-order valence-electron chi connectivity index (χ4n) is 5.07. The number of rotatable bonds is 5. The number of nitrogens with two attached hydrogens (primary N) is 1. The fourth-order valence-corrected chi connectivity index (χ4v) is 6.71. The van der Waals surface area contributed by atoms with Gasteiger partial charge in [-0.15, -0.1) is 0 Å². The van der Waals surface area contributed by atoms with Crippen molar-refractivity contribution in [3.8, 4) is 0 Å². The number of benzene rings is 3. The van der Waals surface area contributed by atoms with Crippen molar-refractivity contribution < 1.29 is 8.42 Å². The highest BCUT2D eigenvalue weighted by molar-refractivity contribution is 7.89. The molecule has 3 aromatic carbocycles. The summed E-state index contributed by atoms with van der Waals surface area (Å²) in [7, 11) is -3.52. The monoisotopic (exact) mass is 483 g/mol. The Morgan fingerprint density at radius 3 is 2.45 bits per heavy atom. The molecule has 0 bridgehead atoms. The lowest BCUT2D eigenvalue weighted by atomic mass is 9.83. The maximum absolute atomic E-state index is 13.2. The highest BCUT2D eigenvalue weighted by Gasteiger charge is 2.29. The molecule has 1 fully saturated rings. The Balaban J connectivity index is 1.23. The Morgan fingerprint density at radius 2 is 1.67 bits per heavy atom.